The number of nitrogens with zero attached hydrogens (tertiary/aromatic N) is 1. The molecule has 5 heteroatoms. The molecule has 0 aliphatic carbocycles. The summed E-state index contributed by atoms with van der Waals surface area (Å²) in [5, 5.41) is 3.02. The molecule has 0 aromatic carbocycles. The van der Waals surface area contributed by atoms with Gasteiger partial charge >= 0.3 is 0 Å². The Balaban J connectivity index is 1.82. The minimum absolute atomic E-state index is 0.0308. The van der Waals surface area contributed by atoms with Gasteiger partial charge in [-0.2, -0.15) is 0 Å². The smallest absolute Gasteiger partial charge is 0.257 e. The van der Waals surface area contributed by atoms with E-state index in [1.165, 1.54) is 19.1 Å². The molecule has 1 aromatic rings. The second kappa shape index (κ2) is 8.75. The molecule has 1 aliphatic heterocycles. The van der Waals surface area contributed by atoms with Crippen molar-refractivity contribution in [3.63, 3.8) is 0 Å². The maximum Gasteiger partial charge on any atom is 0.257 e. The predicted octanol–water partition coefficient (Wildman–Crippen LogP) is 3.14. The van der Waals surface area contributed by atoms with E-state index in [4.69, 9.17) is 4.42 Å². The number of hydrogen-bond acceptors (Lipinski definition) is 3. The Bertz CT molecular complexity index is 524. The number of unbranched alkanes of at least 4 members (excludes halogenated alkanes) is 3. The maximum absolute atomic E-state index is 12.5. The molecule has 1 aromatic heterocycles. The zero-order chi connectivity index (χ0) is 16.7. The molecule has 128 valence electrons. The van der Waals surface area contributed by atoms with Crippen molar-refractivity contribution in [3.8, 4) is 0 Å². The van der Waals surface area contributed by atoms with E-state index in [0.29, 0.717) is 24.4 Å². The zero-order valence-corrected chi connectivity index (χ0v) is 14.3. The molecule has 1 fully saturated rings. The summed E-state index contributed by atoms with van der Waals surface area (Å²) in [6.07, 6.45) is 7.86. The predicted molar refractivity (Wildman–Crippen MR) is 89.2 cm³/mol. The lowest BCUT2D eigenvalue weighted by Crippen LogP contribution is -2.45. The van der Waals surface area contributed by atoms with Gasteiger partial charge in [0.2, 0.25) is 5.91 Å². The number of aryl methyl sites for hydroxylation is 1. The third kappa shape index (κ3) is 4.85. The molecule has 0 unspecified atom stereocenters. The largest absolute Gasteiger partial charge is 0.469 e. The van der Waals surface area contributed by atoms with Gasteiger partial charge in [0.15, 0.2) is 0 Å². The van der Waals surface area contributed by atoms with E-state index in [1.54, 1.807) is 17.9 Å². The van der Waals surface area contributed by atoms with E-state index in [9.17, 15) is 9.59 Å². The fraction of sp³-hybridized carbons (Fsp3) is 0.667. The van der Waals surface area contributed by atoms with Crippen LogP contribution in [0.1, 0.15) is 61.6 Å². The second-order valence-electron chi connectivity index (χ2n) is 6.33. The number of carbonyl (C=O) groups excluding carboxylic acids is 2. The Morgan fingerprint density at radius 1 is 1.35 bits per heavy atom. The fourth-order valence-corrected chi connectivity index (χ4v) is 3.06. The van der Waals surface area contributed by atoms with Crippen LogP contribution in [0.3, 0.4) is 0 Å². The molecule has 0 radical (unpaired) electrons. The number of likely N-dealkylation sites (tertiary alicyclic amines) is 1. The van der Waals surface area contributed by atoms with Crippen molar-refractivity contribution in [2.24, 2.45) is 5.92 Å². The molecule has 1 aliphatic rings. The van der Waals surface area contributed by atoms with Crippen LogP contribution in [0, 0.1) is 12.8 Å². The first-order valence-electron chi connectivity index (χ1n) is 8.74. The van der Waals surface area contributed by atoms with E-state index >= 15 is 0 Å². The van der Waals surface area contributed by atoms with Crippen LogP contribution in [-0.4, -0.2) is 36.3 Å². The van der Waals surface area contributed by atoms with Gasteiger partial charge in [-0.05, 0) is 32.3 Å². The topological polar surface area (TPSA) is 62.6 Å². The average Bonchev–Trinajstić information content (AvgIpc) is 3.00. The van der Waals surface area contributed by atoms with Crippen LogP contribution in [-0.2, 0) is 4.79 Å². The summed E-state index contributed by atoms with van der Waals surface area (Å²) in [6, 6.07) is 1.70. The zero-order valence-electron chi connectivity index (χ0n) is 14.3. The van der Waals surface area contributed by atoms with Crippen molar-refractivity contribution in [2.45, 2.75) is 52.4 Å². The summed E-state index contributed by atoms with van der Waals surface area (Å²) in [4.78, 5) is 26.6. The van der Waals surface area contributed by atoms with Crippen molar-refractivity contribution in [1.29, 1.82) is 0 Å². The summed E-state index contributed by atoms with van der Waals surface area (Å²) >= 11 is 0. The lowest BCUT2D eigenvalue weighted by Gasteiger charge is -2.32. The van der Waals surface area contributed by atoms with E-state index in [0.717, 1.165) is 32.2 Å². The Labute approximate surface area is 138 Å². The minimum Gasteiger partial charge on any atom is -0.469 e. The highest BCUT2D eigenvalue weighted by atomic mass is 16.3. The molecule has 1 N–H and O–H groups in total. The molecule has 2 heterocycles. The van der Waals surface area contributed by atoms with Crippen LogP contribution in [0.2, 0.25) is 0 Å². The van der Waals surface area contributed by atoms with Gasteiger partial charge in [-0.3, -0.25) is 9.59 Å². The molecule has 1 saturated heterocycles. The molecular formula is C18H28N2O3. The third-order valence-corrected chi connectivity index (χ3v) is 4.50. The van der Waals surface area contributed by atoms with Gasteiger partial charge < -0.3 is 14.6 Å². The molecule has 0 spiro atoms. The second-order valence-corrected chi connectivity index (χ2v) is 6.33. The van der Waals surface area contributed by atoms with Crippen LogP contribution in [0.4, 0.5) is 0 Å². The molecule has 23 heavy (non-hydrogen) atoms. The number of hydrogen-bond donors (Lipinski definition) is 1. The van der Waals surface area contributed by atoms with Crippen molar-refractivity contribution in [1.82, 2.24) is 10.2 Å². The standard InChI is InChI=1S/C18H28N2O3/c1-3-4-5-6-10-19-17(21)15-8-7-11-20(13-15)18(22)16-9-12-23-14(16)2/h9,12,15H,3-8,10-11,13H2,1-2H3,(H,19,21)/t15-/m0/s1. The van der Waals surface area contributed by atoms with Crippen LogP contribution < -0.4 is 5.32 Å². The van der Waals surface area contributed by atoms with Crippen LogP contribution in [0.15, 0.2) is 16.7 Å². The van der Waals surface area contributed by atoms with E-state index < -0.39 is 0 Å². The Morgan fingerprint density at radius 2 is 2.17 bits per heavy atom. The molecule has 0 bridgehead atoms. The van der Waals surface area contributed by atoms with Crippen molar-refractivity contribution in [3.05, 3.63) is 23.7 Å². The first-order valence-corrected chi connectivity index (χ1v) is 8.74. The SMILES string of the molecule is CCCCCCNC(=O)[C@H]1CCCN(C(=O)c2ccoc2C)C1. The lowest BCUT2D eigenvalue weighted by atomic mass is 9.96. The Hall–Kier alpha value is -1.78. The van der Waals surface area contributed by atoms with Crippen molar-refractivity contribution >= 4 is 11.8 Å². The molecule has 1 atom stereocenters. The Morgan fingerprint density at radius 3 is 2.87 bits per heavy atom. The molecular weight excluding hydrogens is 292 g/mol. The van der Waals surface area contributed by atoms with Gasteiger partial charge in [0.05, 0.1) is 17.7 Å². The number of rotatable bonds is 7. The maximum atomic E-state index is 12.5. The van der Waals surface area contributed by atoms with Gasteiger partial charge in [0, 0.05) is 19.6 Å². The van der Waals surface area contributed by atoms with Gasteiger partial charge in [-0.1, -0.05) is 26.2 Å². The highest BCUT2D eigenvalue weighted by Crippen LogP contribution is 2.20. The van der Waals surface area contributed by atoms with E-state index in [1.807, 2.05) is 0 Å². The summed E-state index contributed by atoms with van der Waals surface area (Å²) in [6.45, 7) is 5.92. The van der Waals surface area contributed by atoms with Crippen LogP contribution >= 0.6 is 0 Å². The van der Waals surface area contributed by atoms with Gasteiger partial charge in [0.25, 0.3) is 5.91 Å². The van der Waals surface area contributed by atoms with Crippen molar-refractivity contribution < 1.29 is 14.0 Å². The summed E-state index contributed by atoms with van der Waals surface area (Å²) in [7, 11) is 0. The monoisotopic (exact) mass is 320 g/mol. The molecule has 5 nitrogen and oxygen atoms in total. The summed E-state index contributed by atoms with van der Waals surface area (Å²) in [5.41, 5.74) is 0.602. The number of piperidine rings is 1. The van der Waals surface area contributed by atoms with Gasteiger partial charge in [-0.15, -0.1) is 0 Å². The lowest BCUT2D eigenvalue weighted by molar-refractivity contribution is -0.126. The normalized spacial score (nSPS) is 18.0. The average molecular weight is 320 g/mol. The van der Waals surface area contributed by atoms with Gasteiger partial charge in [-0.25, -0.2) is 0 Å². The summed E-state index contributed by atoms with van der Waals surface area (Å²) in [5.74, 6) is 0.600. The summed E-state index contributed by atoms with van der Waals surface area (Å²) < 4.78 is 5.21. The minimum atomic E-state index is -0.0916. The Kier molecular flexibility index (Phi) is 6.68. The molecule has 0 saturated carbocycles. The first kappa shape index (κ1) is 17.6. The molecule has 2 amide bonds. The fourth-order valence-electron chi connectivity index (χ4n) is 3.06. The van der Waals surface area contributed by atoms with Crippen LogP contribution in [0.25, 0.3) is 0 Å². The number of furan rings is 1. The van der Waals surface area contributed by atoms with E-state index in [2.05, 4.69) is 12.2 Å². The number of amides is 2. The van der Waals surface area contributed by atoms with Gasteiger partial charge in [0.1, 0.15) is 5.76 Å². The highest BCUT2D eigenvalue weighted by molar-refractivity contribution is 5.95. The first-order chi connectivity index (χ1) is 11.1. The quantitative estimate of drug-likeness (QED) is 0.785. The molecule has 2 rings (SSSR count). The third-order valence-electron chi connectivity index (χ3n) is 4.50. The van der Waals surface area contributed by atoms with E-state index in [-0.39, 0.29) is 17.7 Å². The number of carbonyl (C=O) groups is 2. The van der Waals surface area contributed by atoms with Crippen molar-refractivity contribution in [2.75, 3.05) is 19.6 Å². The highest BCUT2D eigenvalue weighted by Gasteiger charge is 2.29. The number of nitrogens with one attached hydrogen (secondary N) is 1. The van der Waals surface area contributed by atoms with Crippen LogP contribution in [0.5, 0.6) is 0 Å².